The van der Waals surface area contributed by atoms with E-state index in [4.69, 9.17) is 9.84 Å². The highest BCUT2D eigenvalue weighted by atomic mass is 32.2. The number of hydrogen-bond acceptors (Lipinski definition) is 3. The summed E-state index contributed by atoms with van der Waals surface area (Å²) in [4.78, 5) is 10.5. The number of ether oxygens (including phenoxy) is 1. The van der Waals surface area contributed by atoms with Gasteiger partial charge in [-0.2, -0.15) is 11.8 Å². The lowest BCUT2D eigenvalue weighted by Gasteiger charge is -2.30. The zero-order valence-corrected chi connectivity index (χ0v) is 14.8. The van der Waals surface area contributed by atoms with E-state index < -0.39 is 5.97 Å². The number of thioether (sulfide) groups is 1. The lowest BCUT2D eigenvalue weighted by atomic mass is 9.78. The third-order valence-electron chi connectivity index (χ3n) is 5.75. The fraction of sp³-hybridized carbons (Fsp3) is 0.842. The lowest BCUT2D eigenvalue weighted by molar-refractivity contribution is -0.137. The summed E-state index contributed by atoms with van der Waals surface area (Å²) >= 11 is 2.21. The minimum atomic E-state index is -0.688. The van der Waals surface area contributed by atoms with Crippen molar-refractivity contribution in [2.75, 3.05) is 6.61 Å². The molecule has 3 aliphatic rings. The molecule has 0 aromatic heterocycles. The molecule has 0 aromatic rings. The van der Waals surface area contributed by atoms with E-state index in [1.54, 1.807) is 0 Å². The van der Waals surface area contributed by atoms with E-state index in [2.05, 4.69) is 23.9 Å². The van der Waals surface area contributed by atoms with Crippen LogP contribution >= 0.6 is 11.8 Å². The van der Waals surface area contributed by atoms with Gasteiger partial charge >= 0.3 is 5.97 Å². The van der Waals surface area contributed by atoms with Gasteiger partial charge < -0.3 is 9.84 Å². The number of rotatable bonds is 9. The van der Waals surface area contributed by atoms with Crippen molar-refractivity contribution in [3.63, 3.8) is 0 Å². The largest absolute Gasteiger partial charge is 0.481 e. The van der Waals surface area contributed by atoms with Crippen molar-refractivity contribution in [3.05, 3.63) is 12.2 Å². The first kappa shape index (κ1) is 17.3. The number of carboxylic acid groups (broad SMARTS) is 1. The summed E-state index contributed by atoms with van der Waals surface area (Å²) in [5.74, 6) is 0.825. The second kappa shape index (κ2) is 8.57. The Kier molecular flexibility index (Phi) is 6.46. The van der Waals surface area contributed by atoms with Crippen molar-refractivity contribution in [2.45, 2.75) is 80.8 Å². The summed E-state index contributed by atoms with van der Waals surface area (Å²) in [6.07, 6.45) is 16.1. The van der Waals surface area contributed by atoms with Crippen molar-refractivity contribution < 1.29 is 14.6 Å². The van der Waals surface area contributed by atoms with E-state index in [1.165, 1.54) is 38.5 Å². The Bertz CT molecular complexity index is 417. The van der Waals surface area contributed by atoms with Crippen LogP contribution in [-0.2, 0) is 9.53 Å². The summed E-state index contributed by atoms with van der Waals surface area (Å²) in [6, 6.07) is 0. The molecule has 4 heteroatoms. The van der Waals surface area contributed by atoms with Crippen molar-refractivity contribution in [2.24, 2.45) is 11.8 Å². The Morgan fingerprint density at radius 2 is 1.83 bits per heavy atom. The molecule has 0 unspecified atom stereocenters. The van der Waals surface area contributed by atoms with E-state index in [0.29, 0.717) is 6.10 Å². The number of aliphatic carboxylic acids is 1. The fourth-order valence-electron chi connectivity index (χ4n) is 4.47. The average molecular weight is 339 g/mol. The molecule has 3 fully saturated rings. The summed E-state index contributed by atoms with van der Waals surface area (Å²) in [5, 5.41) is 10.3. The van der Waals surface area contributed by atoms with E-state index in [9.17, 15) is 4.79 Å². The predicted molar refractivity (Wildman–Crippen MR) is 94.8 cm³/mol. The summed E-state index contributed by atoms with van der Waals surface area (Å²) < 4.78 is 6.24. The van der Waals surface area contributed by atoms with Gasteiger partial charge in [-0.3, -0.25) is 4.79 Å². The van der Waals surface area contributed by atoms with Crippen LogP contribution in [0.25, 0.3) is 0 Å². The fourth-order valence-corrected chi connectivity index (χ4v) is 6.46. The van der Waals surface area contributed by atoms with Crippen LogP contribution in [0.15, 0.2) is 12.2 Å². The average Bonchev–Trinajstić information content (AvgIpc) is 3.25. The smallest absolute Gasteiger partial charge is 0.303 e. The number of fused-ring (bicyclic) bond motifs is 2. The van der Waals surface area contributed by atoms with Gasteiger partial charge in [-0.15, -0.1) is 0 Å². The normalized spacial score (nSPS) is 33.9. The second-order valence-electron chi connectivity index (χ2n) is 7.35. The molecule has 130 valence electrons. The molecule has 3 nitrogen and oxygen atoms in total. The van der Waals surface area contributed by atoms with Crippen molar-refractivity contribution >= 4 is 17.7 Å². The number of hydrogen-bond donors (Lipinski definition) is 1. The monoisotopic (exact) mass is 338 g/mol. The molecule has 4 atom stereocenters. The maximum Gasteiger partial charge on any atom is 0.303 e. The van der Waals surface area contributed by atoms with E-state index in [0.717, 1.165) is 48.2 Å². The molecule has 2 heterocycles. The lowest BCUT2D eigenvalue weighted by Crippen LogP contribution is -2.31. The van der Waals surface area contributed by atoms with Gasteiger partial charge in [0.1, 0.15) is 0 Å². The predicted octanol–water partition coefficient (Wildman–Crippen LogP) is 4.66. The highest BCUT2D eigenvalue weighted by Gasteiger charge is 2.47. The third kappa shape index (κ3) is 4.76. The van der Waals surface area contributed by atoms with E-state index in [-0.39, 0.29) is 6.42 Å². The number of carbonyl (C=O) groups is 1. The summed E-state index contributed by atoms with van der Waals surface area (Å²) in [7, 11) is 0. The molecule has 2 aliphatic heterocycles. The number of unbranched alkanes of at least 4 members (excludes halogenated alkanes) is 1. The Morgan fingerprint density at radius 1 is 1.09 bits per heavy atom. The van der Waals surface area contributed by atoms with E-state index >= 15 is 0 Å². The first-order valence-corrected chi connectivity index (χ1v) is 10.3. The Balaban J connectivity index is 1.42. The molecule has 2 bridgehead atoms. The highest BCUT2D eigenvalue weighted by Crippen LogP contribution is 2.54. The molecule has 2 saturated heterocycles. The molecule has 0 spiro atoms. The number of allylic oxidation sites excluding steroid dienone is 2. The van der Waals surface area contributed by atoms with Gasteiger partial charge in [0, 0.05) is 16.9 Å². The van der Waals surface area contributed by atoms with Crippen molar-refractivity contribution in [1.29, 1.82) is 0 Å². The molecule has 0 aromatic carbocycles. The zero-order chi connectivity index (χ0) is 16.1. The molecule has 23 heavy (non-hydrogen) atoms. The maximum absolute atomic E-state index is 10.5. The van der Waals surface area contributed by atoms with Crippen LogP contribution in [0.3, 0.4) is 0 Å². The minimum absolute atomic E-state index is 0.284. The van der Waals surface area contributed by atoms with Gasteiger partial charge in [0.15, 0.2) is 0 Å². The highest BCUT2D eigenvalue weighted by molar-refractivity contribution is 8.01. The quantitative estimate of drug-likeness (QED) is 0.491. The van der Waals surface area contributed by atoms with Gasteiger partial charge in [0.2, 0.25) is 0 Å². The molecular weight excluding hydrogens is 308 g/mol. The summed E-state index contributed by atoms with van der Waals surface area (Å²) in [6.45, 7) is 0.969. The van der Waals surface area contributed by atoms with Gasteiger partial charge in [0.05, 0.1) is 12.7 Å². The Labute approximate surface area is 144 Å². The van der Waals surface area contributed by atoms with Crippen LogP contribution in [0.5, 0.6) is 0 Å². The molecular formula is C19H30O3S. The first-order valence-electron chi connectivity index (χ1n) is 9.38. The van der Waals surface area contributed by atoms with Gasteiger partial charge in [-0.1, -0.05) is 25.0 Å². The standard InChI is InChI=1S/C19H30O3S/c20-19(21)10-4-2-1-3-9-15-16(18-12-11-17(15)23-18)13-22-14-7-5-6-8-14/h1,3,14-18H,2,4-13H2,(H,20,21)/b3-1-/t15-,16+,17-,18+/m1/s1. The van der Waals surface area contributed by atoms with Gasteiger partial charge in [-0.05, 0) is 56.8 Å². The van der Waals surface area contributed by atoms with Crippen LogP contribution in [0, 0.1) is 11.8 Å². The zero-order valence-electron chi connectivity index (χ0n) is 14.0. The minimum Gasteiger partial charge on any atom is -0.481 e. The second-order valence-corrected chi connectivity index (χ2v) is 8.83. The SMILES string of the molecule is O=C(O)CCC/C=C\C[C@@H]1[C@H](COC2CCCC2)[C@@H]2CC[C@H]1S2. The molecule has 1 saturated carbocycles. The van der Waals surface area contributed by atoms with Gasteiger partial charge in [-0.25, -0.2) is 0 Å². The molecule has 1 aliphatic carbocycles. The first-order chi connectivity index (χ1) is 11.2. The number of carboxylic acids is 1. The third-order valence-corrected chi connectivity index (χ3v) is 7.62. The topological polar surface area (TPSA) is 46.5 Å². The summed E-state index contributed by atoms with van der Waals surface area (Å²) in [5.41, 5.74) is 0. The molecule has 0 radical (unpaired) electrons. The Morgan fingerprint density at radius 3 is 2.57 bits per heavy atom. The van der Waals surface area contributed by atoms with Crippen LogP contribution in [0.4, 0.5) is 0 Å². The van der Waals surface area contributed by atoms with Crippen LogP contribution in [-0.4, -0.2) is 34.3 Å². The van der Waals surface area contributed by atoms with Crippen LogP contribution in [0.1, 0.15) is 64.2 Å². The van der Waals surface area contributed by atoms with Crippen LogP contribution < -0.4 is 0 Å². The van der Waals surface area contributed by atoms with Crippen molar-refractivity contribution in [3.8, 4) is 0 Å². The van der Waals surface area contributed by atoms with E-state index in [1.807, 2.05) is 0 Å². The molecule has 1 N–H and O–H groups in total. The molecule has 3 rings (SSSR count). The molecule has 0 amide bonds. The van der Waals surface area contributed by atoms with Crippen molar-refractivity contribution in [1.82, 2.24) is 0 Å². The Hall–Kier alpha value is -0.480. The maximum atomic E-state index is 10.5. The van der Waals surface area contributed by atoms with Crippen LogP contribution in [0.2, 0.25) is 0 Å². The van der Waals surface area contributed by atoms with Gasteiger partial charge in [0.25, 0.3) is 0 Å².